The summed E-state index contributed by atoms with van der Waals surface area (Å²) in [6.07, 6.45) is -5.75. The number of nitrogens with one attached hydrogen (secondary N) is 1. The van der Waals surface area contributed by atoms with E-state index < -0.39 is 71.2 Å². The van der Waals surface area contributed by atoms with Gasteiger partial charge in [0.15, 0.2) is 0 Å². The number of hydrogen-bond donors (Lipinski definition) is 2. The summed E-state index contributed by atoms with van der Waals surface area (Å²) in [5.74, 6) is -2.22. The molecule has 2 N–H and O–H groups in total. The number of halogens is 4. The SMILES string of the molecule is Cc1c(N2CCN(Cc3cccc(C(=O)O)c3)CC2)c(=O)n(CC(NC(=O)OC(C)(C)C)c2ccccc2)c(=O)n1Cc1c(F)cccc1C(F)(F)F. The summed E-state index contributed by atoms with van der Waals surface area (Å²) in [6, 6.07) is 16.6. The number of aromatic carboxylic acids is 1. The number of amides is 1. The Morgan fingerprint density at radius 2 is 1.55 bits per heavy atom. The summed E-state index contributed by atoms with van der Waals surface area (Å²) in [5.41, 5.74) is -3.07. The minimum absolute atomic E-state index is 0.0473. The van der Waals surface area contributed by atoms with Crippen molar-refractivity contribution in [3.05, 3.63) is 133 Å². The molecule has 0 aliphatic carbocycles. The highest BCUT2D eigenvalue weighted by Gasteiger charge is 2.35. The van der Waals surface area contributed by atoms with E-state index >= 15 is 4.39 Å². The summed E-state index contributed by atoms with van der Waals surface area (Å²) in [6.45, 7) is 7.04. The van der Waals surface area contributed by atoms with Crippen molar-refractivity contribution in [3.8, 4) is 0 Å². The molecule has 1 atom stereocenters. The predicted molar refractivity (Wildman–Crippen MR) is 190 cm³/mol. The number of carbonyl (C=O) groups excluding carboxylic acids is 1. The molecule has 15 heteroatoms. The van der Waals surface area contributed by atoms with Crippen LogP contribution in [0.5, 0.6) is 0 Å². The molecule has 5 rings (SSSR count). The number of carboxylic acids is 1. The maximum atomic E-state index is 15.2. The molecule has 0 bridgehead atoms. The molecule has 3 aromatic carbocycles. The average Bonchev–Trinajstić information content (AvgIpc) is 3.08. The Labute approximate surface area is 303 Å². The fourth-order valence-corrected chi connectivity index (χ4v) is 6.38. The summed E-state index contributed by atoms with van der Waals surface area (Å²) in [4.78, 5) is 56.9. The summed E-state index contributed by atoms with van der Waals surface area (Å²) < 4.78 is 64.7. The van der Waals surface area contributed by atoms with Crippen molar-refractivity contribution in [1.29, 1.82) is 0 Å². The molecule has 4 aromatic rings. The lowest BCUT2D eigenvalue weighted by Gasteiger charge is -2.37. The van der Waals surface area contributed by atoms with E-state index in [0.29, 0.717) is 25.2 Å². The second-order valence-corrected chi connectivity index (χ2v) is 13.9. The number of rotatable bonds is 10. The number of piperazine rings is 1. The number of carbonyl (C=O) groups is 2. The van der Waals surface area contributed by atoms with Gasteiger partial charge < -0.3 is 20.1 Å². The van der Waals surface area contributed by atoms with Crippen molar-refractivity contribution in [2.24, 2.45) is 0 Å². The molecule has 0 spiro atoms. The third-order valence-electron chi connectivity index (χ3n) is 8.92. The summed E-state index contributed by atoms with van der Waals surface area (Å²) in [7, 11) is 0. The number of hydrogen-bond acceptors (Lipinski definition) is 7. The Bertz CT molecular complexity index is 2080. The van der Waals surface area contributed by atoms with Gasteiger partial charge in [-0.25, -0.2) is 18.8 Å². The summed E-state index contributed by atoms with van der Waals surface area (Å²) >= 11 is 0. The van der Waals surface area contributed by atoms with Crippen LogP contribution in [-0.2, 0) is 30.5 Å². The van der Waals surface area contributed by atoms with Gasteiger partial charge in [-0.1, -0.05) is 48.5 Å². The molecule has 0 radical (unpaired) electrons. The van der Waals surface area contributed by atoms with Gasteiger partial charge in [-0.2, -0.15) is 13.2 Å². The quantitative estimate of drug-likeness (QED) is 0.195. The zero-order valence-corrected chi connectivity index (χ0v) is 29.7. The lowest BCUT2D eigenvalue weighted by atomic mass is 10.1. The molecular weight excluding hydrogens is 698 g/mol. The van der Waals surface area contributed by atoms with Crippen molar-refractivity contribution in [1.82, 2.24) is 19.4 Å². The van der Waals surface area contributed by atoms with Crippen LogP contribution in [-0.4, -0.2) is 63.0 Å². The highest BCUT2D eigenvalue weighted by atomic mass is 19.4. The number of nitrogens with zero attached hydrogens (tertiary/aromatic N) is 4. The van der Waals surface area contributed by atoms with Crippen molar-refractivity contribution >= 4 is 17.7 Å². The maximum absolute atomic E-state index is 15.2. The third-order valence-corrected chi connectivity index (χ3v) is 8.92. The van der Waals surface area contributed by atoms with E-state index in [1.54, 1.807) is 68.1 Å². The van der Waals surface area contributed by atoms with Crippen molar-refractivity contribution in [2.75, 3.05) is 31.1 Å². The van der Waals surface area contributed by atoms with E-state index in [2.05, 4.69) is 10.2 Å². The van der Waals surface area contributed by atoms with Gasteiger partial charge in [0.1, 0.15) is 17.1 Å². The van der Waals surface area contributed by atoms with Crippen LogP contribution in [0, 0.1) is 12.7 Å². The molecule has 2 heterocycles. The van der Waals surface area contributed by atoms with Gasteiger partial charge >= 0.3 is 23.9 Å². The van der Waals surface area contributed by atoms with Crippen LogP contribution in [0.2, 0.25) is 0 Å². The number of ether oxygens (including phenoxy) is 1. The van der Waals surface area contributed by atoms with Crippen LogP contribution in [0.1, 0.15) is 65.1 Å². The van der Waals surface area contributed by atoms with Crippen LogP contribution in [0.15, 0.2) is 82.4 Å². The first kappa shape index (κ1) is 38.8. The van der Waals surface area contributed by atoms with Crippen LogP contribution in [0.3, 0.4) is 0 Å². The first-order valence-corrected chi connectivity index (χ1v) is 17.0. The standard InChI is InChI=1S/C38H41F4N5O6/c1-24-32(45-18-16-44(17-19-45)21-25-10-8-13-27(20-25)34(49)50)33(48)47(23-31(26-11-6-5-7-12-26)43-35(51)53-37(2,3)4)36(52)46(24)22-28-29(38(40,41)42)14-9-15-30(28)39/h5-15,20,31H,16-19,21-23H2,1-4H3,(H,43,51)(H,49,50). The van der Waals surface area contributed by atoms with Gasteiger partial charge in [0.2, 0.25) is 0 Å². The van der Waals surface area contributed by atoms with E-state index in [1.807, 2.05) is 6.07 Å². The number of aromatic nitrogens is 2. The second-order valence-electron chi connectivity index (χ2n) is 13.9. The Morgan fingerprint density at radius 3 is 2.17 bits per heavy atom. The van der Waals surface area contributed by atoms with Crippen LogP contribution >= 0.6 is 0 Å². The first-order valence-electron chi connectivity index (χ1n) is 17.0. The molecule has 1 aliphatic rings. The van der Waals surface area contributed by atoms with Crippen molar-refractivity contribution in [3.63, 3.8) is 0 Å². The Kier molecular flexibility index (Phi) is 11.5. The van der Waals surface area contributed by atoms with E-state index in [4.69, 9.17) is 4.74 Å². The molecule has 1 aromatic heterocycles. The molecule has 1 amide bonds. The Hall–Kier alpha value is -5.44. The lowest BCUT2D eigenvalue weighted by molar-refractivity contribution is -0.138. The Morgan fingerprint density at radius 1 is 0.887 bits per heavy atom. The second kappa shape index (κ2) is 15.7. The minimum Gasteiger partial charge on any atom is -0.478 e. The van der Waals surface area contributed by atoms with Gasteiger partial charge in [-0.3, -0.25) is 18.8 Å². The van der Waals surface area contributed by atoms with Gasteiger partial charge in [-0.15, -0.1) is 0 Å². The largest absolute Gasteiger partial charge is 0.478 e. The van der Waals surface area contributed by atoms with Crippen LogP contribution in [0.4, 0.5) is 28.0 Å². The molecule has 1 fully saturated rings. The monoisotopic (exact) mass is 739 g/mol. The van der Waals surface area contributed by atoms with Gasteiger partial charge in [0, 0.05) is 44.0 Å². The van der Waals surface area contributed by atoms with E-state index in [9.17, 15) is 37.5 Å². The smallest absolute Gasteiger partial charge is 0.416 e. The van der Waals surface area contributed by atoms with Crippen LogP contribution < -0.4 is 21.5 Å². The topological polar surface area (TPSA) is 126 Å². The zero-order valence-electron chi connectivity index (χ0n) is 29.7. The molecule has 11 nitrogen and oxygen atoms in total. The number of benzene rings is 3. The van der Waals surface area contributed by atoms with Gasteiger partial charge in [0.05, 0.1) is 30.3 Å². The zero-order chi connectivity index (χ0) is 38.7. The normalized spacial score (nSPS) is 14.5. The fraction of sp³-hybridized carbons (Fsp3) is 0.368. The molecular formula is C38H41F4N5O6. The molecule has 282 valence electrons. The van der Waals surface area contributed by atoms with E-state index in [-0.39, 0.29) is 30.0 Å². The maximum Gasteiger partial charge on any atom is 0.416 e. The minimum atomic E-state index is -4.93. The number of alkyl halides is 3. The number of carboxylic acid groups (broad SMARTS) is 1. The van der Waals surface area contributed by atoms with Crippen LogP contribution in [0.25, 0.3) is 0 Å². The highest BCUT2D eigenvalue weighted by Crippen LogP contribution is 2.34. The fourth-order valence-electron chi connectivity index (χ4n) is 6.38. The third kappa shape index (κ3) is 9.33. The van der Waals surface area contributed by atoms with Gasteiger partial charge in [0.25, 0.3) is 5.56 Å². The summed E-state index contributed by atoms with van der Waals surface area (Å²) in [5, 5.41) is 12.1. The lowest BCUT2D eigenvalue weighted by Crippen LogP contribution is -2.51. The first-order chi connectivity index (χ1) is 24.9. The van der Waals surface area contributed by atoms with E-state index in [0.717, 1.165) is 32.9 Å². The molecule has 53 heavy (non-hydrogen) atoms. The Balaban J connectivity index is 1.57. The van der Waals surface area contributed by atoms with Crippen molar-refractivity contribution < 1.29 is 37.0 Å². The molecule has 0 saturated carbocycles. The number of anilines is 1. The molecule has 1 saturated heterocycles. The van der Waals surface area contributed by atoms with Gasteiger partial charge in [-0.05, 0) is 63.1 Å². The average molecular weight is 740 g/mol. The number of alkyl carbamates (subject to hydrolysis) is 1. The molecule has 1 aliphatic heterocycles. The predicted octanol–water partition coefficient (Wildman–Crippen LogP) is 5.81. The highest BCUT2D eigenvalue weighted by molar-refractivity contribution is 5.87. The molecule has 1 unspecified atom stereocenters. The van der Waals surface area contributed by atoms with Crippen molar-refractivity contribution in [2.45, 2.75) is 65.1 Å². The van der Waals surface area contributed by atoms with E-state index in [1.165, 1.54) is 13.0 Å².